The summed E-state index contributed by atoms with van der Waals surface area (Å²) in [5.41, 5.74) is 10.6. The van der Waals surface area contributed by atoms with Crippen molar-refractivity contribution in [1.82, 2.24) is 14.7 Å². The van der Waals surface area contributed by atoms with Gasteiger partial charge in [-0.1, -0.05) is 208 Å². The van der Waals surface area contributed by atoms with E-state index < -0.39 is 12.1 Å². The van der Waals surface area contributed by atoms with Gasteiger partial charge in [-0.3, -0.25) is 24.1 Å². The summed E-state index contributed by atoms with van der Waals surface area (Å²) in [6.45, 7) is 5.80. The number of imide groups is 1. The third-order valence-electron chi connectivity index (χ3n) is 10.5. The van der Waals surface area contributed by atoms with E-state index in [1.54, 1.807) is 9.80 Å². The van der Waals surface area contributed by atoms with Crippen molar-refractivity contribution >= 4 is 45.2 Å². The maximum Gasteiger partial charge on any atom is 0.247 e. The van der Waals surface area contributed by atoms with Gasteiger partial charge in [-0.25, -0.2) is 0 Å². The summed E-state index contributed by atoms with van der Waals surface area (Å²) in [7, 11) is 2.79. The quantitative estimate of drug-likeness (QED) is 0.0448. The average molecular weight is 851 g/mol. The second kappa shape index (κ2) is 28.2. The van der Waals surface area contributed by atoms with E-state index in [0.717, 1.165) is 73.6 Å². The van der Waals surface area contributed by atoms with Gasteiger partial charge in [0.15, 0.2) is 0 Å². The Morgan fingerprint density at radius 1 is 0.467 bits per heavy atom. The molecule has 0 aromatic heterocycles. The standard InChI is InChI=1S/C50H66N4O4S2/c1-3-5-7-9-23-33-47(55)54(48(56)34-24-10-8-6-4-2)46(50(58)53(37-43-29-19-13-20-30-43)38-44-31-21-14-22-32-44)40-60-59-39-45(51)49(57)52(35-41-25-15-11-16-26-41)36-42-27-17-12-18-28-42/h11-22,25-32,45-46H,3-10,23-24,33-40,51H2,1-2H3/t45?,46-/m0/s1. The van der Waals surface area contributed by atoms with Crippen molar-refractivity contribution in [2.45, 2.75) is 129 Å². The second-order valence-electron chi connectivity index (χ2n) is 15.5. The van der Waals surface area contributed by atoms with Crippen LogP contribution in [0.2, 0.25) is 0 Å². The zero-order chi connectivity index (χ0) is 42.8. The zero-order valence-corrected chi connectivity index (χ0v) is 37.4. The molecular weight excluding hydrogens is 785 g/mol. The van der Waals surface area contributed by atoms with Gasteiger partial charge in [0, 0.05) is 50.5 Å². The Morgan fingerprint density at radius 3 is 1.17 bits per heavy atom. The fraction of sp³-hybridized carbons (Fsp3) is 0.440. The minimum Gasteiger partial charge on any atom is -0.333 e. The van der Waals surface area contributed by atoms with Crippen LogP contribution in [0.5, 0.6) is 0 Å². The van der Waals surface area contributed by atoms with E-state index in [1.165, 1.54) is 26.5 Å². The van der Waals surface area contributed by atoms with Gasteiger partial charge in [0.05, 0.1) is 6.04 Å². The van der Waals surface area contributed by atoms with Gasteiger partial charge < -0.3 is 15.5 Å². The highest BCUT2D eigenvalue weighted by atomic mass is 33.1. The third kappa shape index (κ3) is 17.3. The van der Waals surface area contributed by atoms with E-state index in [9.17, 15) is 14.4 Å². The Morgan fingerprint density at radius 2 is 0.800 bits per heavy atom. The van der Waals surface area contributed by atoms with E-state index in [4.69, 9.17) is 5.73 Å². The van der Waals surface area contributed by atoms with Crippen molar-refractivity contribution in [2.75, 3.05) is 11.5 Å². The van der Waals surface area contributed by atoms with Crippen LogP contribution in [-0.4, -0.2) is 61.9 Å². The van der Waals surface area contributed by atoms with E-state index in [1.807, 2.05) is 121 Å². The van der Waals surface area contributed by atoms with Crippen LogP contribution in [0.25, 0.3) is 0 Å². The molecule has 0 aliphatic rings. The van der Waals surface area contributed by atoms with Crippen molar-refractivity contribution in [3.63, 3.8) is 0 Å². The molecule has 4 rings (SSSR count). The molecule has 4 aromatic carbocycles. The molecule has 0 saturated carbocycles. The van der Waals surface area contributed by atoms with Crippen LogP contribution in [-0.2, 0) is 45.4 Å². The van der Waals surface area contributed by atoms with E-state index in [2.05, 4.69) is 13.8 Å². The number of nitrogens with two attached hydrogens (primary N) is 1. The highest BCUT2D eigenvalue weighted by Crippen LogP contribution is 2.28. The molecule has 10 heteroatoms. The highest BCUT2D eigenvalue weighted by molar-refractivity contribution is 8.76. The maximum absolute atomic E-state index is 15.1. The molecule has 0 aliphatic heterocycles. The minimum absolute atomic E-state index is 0.168. The van der Waals surface area contributed by atoms with Gasteiger partial charge in [-0.2, -0.15) is 0 Å². The molecule has 1 unspecified atom stereocenters. The van der Waals surface area contributed by atoms with Crippen LogP contribution in [0.1, 0.15) is 113 Å². The molecular formula is C50H66N4O4S2. The van der Waals surface area contributed by atoms with Gasteiger partial charge in [-0.05, 0) is 35.1 Å². The molecule has 0 spiro atoms. The molecule has 2 N–H and O–H groups in total. The molecule has 4 aromatic rings. The van der Waals surface area contributed by atoms with Gasteiger partial charge in [-0.15, -0.1) is 0 Å². The van der Waals surface area contributed by atoms with Crippen LogP contribution < -0.4 is 5.73 Å². The van der Waals surface area contributed by atoms with Crippen molar-refractivity contribution in [1.29, 1.82) is 0 Å². The molecule has 0 saturated heterocycles. The normalized spacial score (nSPS) is 12.1. The van der Waals surface area contributed by atoms with E-state index >= 15 is 4.79 Å². The van der Waals surface area contributed by atoms with Crippen LogP contribution in [0, 0.1) is 0 Å². The predicted molar refractivity (Wildman–Crippen MR) is 250 cm³/mol. The smallest absolute Gasteiger partial charge is 0.247 e. The van der Waals surface area contributed by atoms with Gasteiger partial charge in [0.25, 0.3) is 0 Å². The number of benzene rings is 4. The SMILES string of the molecule is CCCCCCCC(=O)N(C(=O)CCCCCCC)[C@@H](CSSCC(N)C(=O)N(Cc1ccccc1)Cc1ccccc1)C(=O)N(Cc1ccccc1)Cc1ccccc1. The summed E-state index contributed by atoms with van der Waals surface area (Å²) in [5, 5.41) is 0. The first kappa shape index (κ1) is 48.3. The Bertz CT molecular complexity index is 1710. The maximum atomic E-state index is 15.1. The summed E-state index contributed by atoms with van der Waals surface area (Å²) in [4.78, 5) is 62.5. The molecule has 0 fully saturated rings. The summed E-state index contributed by atoms with van der Waals surface area (Å²) < 4.78 is 0. The van der Waals surface area contributed by atoms with Crippen molar-refractivity contribution < 1.29 is 19.2 Å². The lowest BCUT2D eigenvalue weighted by Gasteiger charge is -2.34. The lowest BCUT2D eigenvalue weighted by atomic mass is 10.1. The Labute approximate surface area is 367 Å². The topological polar surface area (TPSA) is 104 Å². The number of hydrogen-bond acceptors (Lipinski definition) is 7. The minimum atomic E-state index is -1.03. The molecule has 0 aliphatic carbocycles. The number of amides is 4. The van der Waals surface area contributed by atoms with Crippen molar-refractivity contribution in [3.05, 3.63) is 144 Å². The number of rotatable bonds is 28. The monoisotopic (exact) mass is 850 g/mol. The van der Waals surface area contributed by atoms with E-state index in [0.29, 0.717) is 44.8 Å². The van der Waals surface area contributed by atoms with Crippen molar-refractivity contribution in [2.24, 2.45) is 5.73 Å². The second-order valence-corrected chi connectivity index (χ2v) is 18.1. The molecule has 2 atom stereocenters. The first-order valence-electron chi connectivity index (χ1n) is 21.9. The number of carbonyl (C=O) groups excluding carboxylic acids is 4. The Hall–Kier alpha value is -4.38. The Balaban J connectivity index is 1.58. The van der Waals surface area contributed by atoms with E-state index in [-0.39, 0.29) is 42.2 Å². The molecule has 8 nitrogen and oxygen atoms in total. The molecule has 0 heterocycles. The fourth-order valence-electron chi connectivity index (χ4n) is 7.13. The lowest BCUT2D eigenvalue weighted by Crippen LogP contribution is -2.54. The van der Waals surface area contributed by atoms with Crippen LogP contribution in [0.15, 0.2) is 121 Å². The first-order chi connectivity index (χ1) is 29.3. The first-order valence-corrected chi connectivity index (χ1v) is 24.4. The molecule has 0 radical (unpaired) electrons. The molecule has 0 bridgehead atoms. The molecule has 60 heavy (non-hydrogen) atoms. The number of unbranched alkanes of at least 4 members (excludes halogenated alkanes) is 8. The van der Waals surface area contributed by atoms with Gasteiger partial charge in [0.2, 0.25) is 23.6 Å². The number of nitrogens with zero attached hydrogens (tertiary/aromatic N) is 3. The summed E-state index contributed by atoms with van der Waals surface area (Å²) in [6.07, 6.45) is 9.97. The van der Waals surface area contributed by atoms with Crippen molar-refractivity contribution in [3.8, 4) is 0 Å². The average Bonchev–Trinajstić information content (AvgIpc) is 3.27. The highest BCUT2D eigenvalue weighted by Gasteiger charge is 2.37. The molecule has 322 valence electrons. The summed E-state index contributed by atoms with van der Waals surface area (Å²) in [5.74, 6) is -0.565. The summed E-state index contributed by atoms with van der Waals surface area (Å²) >= 11 is 0. The number of hydrogen-bond donors (Lipinski definition) is 1. The predicted octanol–water partition coefficient (Wildman–Crippen LogP) is 10.6. The fourth-order valence-corrected chi connectivity index (χ4v) is 9.44. The molecule has 4 amide bonds. The van der Waals surface area contributed by atoms with Crippen LogP contribution >= 0.6 is 21.6 Å². The van der Waals surface area contributed by atoms with Crippen LogP contribution in [0.4, 0.5) is 0 Å². The lowest BCUT2D eigenvalue weighted by molar-refractivity contribution is -0.155. The van der Waals surface area contributed by atoms with Gasteiger partial charge in [0.1, 0.15) is 6.04 Å². The largest absolute Gasteiger partial charge is 0.333 e. The van der Waals surface area contributed by atoms with Gasteiger partial charge >= 0.3 is 0 Å². The third-order valence-corrected chi connectivity index (χ3v) is 12.9. The zero-order valence-electron chi connectivity index (χ0n) is 35.8. The Kier molecular flexibility index (Phi) is 22.7. The van der Waals surface area contributed by atoms with Crippen LogP contribution in [0.3, 0.4) is 0 Å². The summed E-state index contributed by atoms with van der Waals surface area (Å²) in [6, 6.07) is 37.6. The number of carbonyl (C=O) groups is 4.